The number of esters is 1. The van der Waals surface area contributed by atoms with E-state index in [4.69, 9.17) is 4.74 Å². The Hall–Kier alpha value is -1.38. The van der Waals surface area contributed by atoms with Crippen molar-refractivity contribution in [3.63, 3.8) is 0 Å². The molecule has 2 unspecified atom stereocenters. The molecule has 2 rings (SSSR count). The topological polar surface area (TPSA) is 26.3 Å². The number of rotatable bonds is 3. The Labute approximate surface area is 114 Å². The first-order valence-corrected chi connectivity index (χ1v) is 7.09. The molecule has 19 heavy (non-hydrogen) atoms. The van der Waals surface area contributed by atoms with Crippen molar-refractivity contribution in [1.29, 1.82) is 0 Å². The number of ether oxygens (including phenoxy) is 1. The summed E-state index contributed by atoms with van der Waals surface area (Å²) in [5.74, 6) is -0.167. The number of hydrogen-bond acceptors (Lipinski definition) is 2. The maximum Gasteiger partial charge on any atom is 0.338 e. The standard InChI is InChI=1S/C16H21FO2/c1-3-12-6-4-5-7-15(12)19-16(18)14-9-8-13(17)10-11(14)2/h8-10,12,15H,3-7H2,1-2H3. The Kier molecular flexibility index (Phi) is 4.56. The highest BCUT2D eigenvalue weighted by atomic mass is 19.1. The zero-order valence-corrected chi connectivity index (χ0v) is 11.6. The molecule has 1 saturated carbocycles. The smallest absolute Gasteiger partial charge is 0.338 e. The van der Waals surface area contributed by atoms with Crippen LogP contribution in [-0.4, -0.2) is 12.1 Å². The van der Waals surface area contributed by atoms with E-state index in [1.165, 1.54) is 24.6 Å². The lowest BCUT2D eigenvalue weighted by atomic mass is 9.85. The van der Waals surface area contributed by atoms with Crippen molar-refractivity contribution in [2.24, 2.45) is 5.92 Å². The summed E-state index contributed by atoms with van der Waals surface area (Å²) in [5.41, 5.74) is 1.11. The van der Waals surface area contributed by atoms with Crippen molar-refractivity contribution in [3.05, 3.63) is 35.1 Å². The highest BCUT2D eigenvalue weighted by molar-refractivity contribution is 5.91. The molecule has 0 aromatic heterocycles. The molecule has 104 valence electrons. The van der Waals surface area contributed by atoms with E-state index in [9.17, 15) is 9.18 Å². The van der Waals surface area contributed by atoms with Crippen LogP contribution in [0.4, 0.5) is 4.39 Å². The molecule has 0 spiro atoms. The van der Waals surface area contributed by atoms with Crippen molar-refractivity contribution in [3.8, 4) is 0 Å². The van der Waals surface area contributed by atoms with Crippen LogP contribution in [0.1, 0.15) is 54.9 Å². The van der Waals surface area contributed by atoms with Gasteiger partial charge < -0.3 is 4.74 Å². The van der Waals surface area contributed by atoms with Crippen LogP contribution in [0.2, 0.25) is 0 Å². The largest absolute Gasteiger partial charge is 0.458 e. The van der Waals surface area contributed by atoms with Crippen LogP contribution in [-0.2, 0) is 4.74 Å². The Morgan fingerprint density at radius 3 is 2.79 bits per heavy atom. The van der Waals surface area contributed by atoms with Crippen LogP contribution in [0.3, 0.4) is 0 Å². The second kappa shape index (κ2) is 6.18. The molecule has 1 aromatic rings. The van der Waals surface area contributed by atoms with Gasteiger partial charge in [-0.25, -0.2) is 9.18 Å². The Balaban J connectivity index is 2.07. The average Bonchev–Trinajstić information content (AvgIpc) is 2.39. The van der Waals surface area contributed by atoms with Crippen LogP contribution in [0, 0.1) is 18.7 Å². The van der Waals surface area contributed by atoms with Gasteiger partial charge in [0, 0.05) is 0 Å². The van der Waals surface area contributed by atoms with Gasteiger partial charge in [-0.1, -0.05) is 13.3 Å². The molecule has 0 radical (unpaired) electrons. The molecule has 1 aliphatic carbocycles. The fraction of sp³-hybridized carbons (Fsp3) is 0.562. The summed E-state index contributed by atoms with van der Waals surface area (Å²) in [6, 6.07) is 4.19. The predicted octanol–water partition coefficient (Wildman–Crippen LogP) is 4.26. The van der Waals surface area contributed by atoms with Crippen molar-refractivity contribution in [2.75, 3.05) is 0 Å². The first-order valence-electron chi connectivity index (χ1n) is 7.09. The van der Waals surface area contributed by atoms with Crippen LogP contribution in [0.15, 0.2) is 18.2 Å². The van der Waals surface area contributed by atoms with E-state index in [1.807, 2.05) is 0 Å². The lowest BCUT2D eigenvalue weighted by Gasteiger charge is -2.30. The van der Waals surface area contributed by atoms with E-state index in [0.717, 1.165) is 25.7 Å². The molecule has 0 heterocycles. The quantitative estimate of drug-likeness (QED) is 0.762. The van der Waals surface area contributed by atoms with E-state index < -0.39 is 0 Å². The first-order chi connectivity index (χ1) is 9.11. The molecule has 1 fully saturated rings. The number of halogens is 1. The van der Waals surface area contributed by atoms with Gasteiger partial charge in [0.25, 0.3) is 0 Å². The van der Waals surface area contributed by atoms with Crippen LogP contribution in [0.5, 0.6) is 0 Å². The molecule has 0 amide bonds. The van der Waals surface area contributed by atoms with Gasteiger partial charge in [-0.15, -0.1) is 0 Å². The predicted molar refractivity (Wildman–Crippen MR) is 72.6 cm³/mol. The minimum Gasteiger partial charge on any atom is -0.458 e. The Bertz CT molecular complexity index is 456. The average molecular weight is 264 g/mol. The van der Waals surface area contributed by atoms with Crippen molar-refractivity contribution in [2.45, 2.75) is 52.1 Å². The molecular formula is C16H21FO2. The number of benzene rings is 1. The number of aryl methyl sites for hydroxylation is 1. The molecule has 0 aliphatic heterocycles. The minimum absolute atomic E-state index is 0.0238. The third-order valence-electron chi connectivity index (χ3n) is 4.03. The molecule has 3 heteroatoms. The summed E-state index contributed by atoms with van der Waals surface area (Å²) in [6.45, 7) is 3.87. The lowest BCUT2D eigenvalue weighted by Crippen LogP contribution is -2.30. The first kappa shape index (κ1) is 14.0. The van der Waals surface area contributed by atoms with Gasteiger partial charge in [-0.2, -0.15) is 0 Å². The van der Waals surface area contributed by atoms with Gasteiger partial charge in [-0.05, 0) is 62.3 Å². The van der Waals surface area contributed by atoms with E-state index in [0.29, 0.717) is 17.0 Å². The van der Waals surface area contributed by atoms with Crippen LogP contribution >= 0.6 is 0 Å². The van der Waals surface area contributed by atoms with Crippen molar-refractivity contribution < 1.29 is 13.9 Å². The number of hydrogen-bond donors (Lipinski definition) is 0. The summed E-state index contributed by atoms with van der Waals surface area (Å²) in [4.78, 5) is 12.2. The maximum absolute atomic E-state index is 13.0. The zero-order chi connectivity index (χ0) is 13.8. The summed E-state index contributed by atoms with van der Waals surface area (Å²) in [5, 5.41) is 0. The molecular weight excluding hydrogens is 243 g/mol. The Morgan fingerprint density at radius 2 is 2.11 bits per heavy atom. The van der Waals surface area contributed by atoms with Crippen LogP contribution in [0.25, 0.3) is 0 Å². The highest BCUT2D eigenvalue weighted by Gasteiger charge is 2.27. The summed E-state index contributed by atoms with van der Waals surface area (Å²) in [6.07, 6.45) is 5.50. The van der Waals surface area contributed by atoms with Crippen molar-refractivity contribution >= 4 is 5.97 Å². The molecule has 2 nitrogen and oxygen atoms in total. The van der Waals surface area contributed by atoms with Crippen molar-refractivity contribution in [1.82, 2.24) is 0 Å². The fourth-order valence-electron chi connectivity index (χ4n) is 2.85. The van der Waals surface area contributed by atoms with Gasteiger partial charge in [0.1, 0.15) is 11.9 Å². The van der Waals surface area contributed by atoms with Crippen LogP contribution < -0.4 is 0 Å². The molecule has 0 saturated heterocycles. The maximum atomic E-state index is 13.0. The number of carbonyl (C=O) groups is 1. The van der Waals surface area contributed by atoms with E-state index in [2.05, 4.69) is 6.92 Å². The molecule has 0 N–H and O–H groups in total. The lowest BCUT2D eigenvalue weighted by molar-refractivity contribution is 0.000635. The van der Waals surface area contributed by atoms with Gasteiger partial charge >= 0.3 is 5.97 Å². The molecule has 0 bridgehead atoms. The van der Waals surface area contributed by atoms with Gasteiger partial charge in [0.15, 0.2) is 0 Å². The monoisotopic (exact) mass is 264 g/mol. The second-order valence-electron chi connectivity index (χ2n) is 5.36. The third-order valence-corrected chi connectivity index (χ3v) is 4.03. The zero-order valence-electron chi connectivity index (χ0n) is 11.6. The Morgan fingerprint density at radius 1 is 1.37 bits per heavy atom. The highest BCUT2D eigenvalue weighted by Crippen LogP contribution is 2.30. The minimum atomic E-state index is -0.321. The second-order valence-corrected chi connectivity index (χ2v) is 5.36. The van der Waals surface area contributed by atoms with E-state index in [-0.39, 0.29) is 17.9 Å². The molecule has 2 atom stereocenters. The third kappa shape index (κ3) is 3.34. The molecule has 1 aromatic carbocycles. The summed E-state index contributed by atoms with van der Waals surface area (Å²) >= 11 is 0. The van der Waals surface area contributed by atoms with E-state index in [1.54, 1.807) is 6.92 Å². The SMILES string of the molecule is CCC1CCCCC1OC(=O)c1ccc(F)cc1C. The summed E-state index contributed by atoms with van der Waals surface area (Å²) < 4.78 is 18.7. The van der Waals surface area contributed by atoms with Gasteiger partial charge in [-0.3, -0.25) is 0 Å². The van der Waals surface area contributed by atoms with Gasteiger partial charge in [0.2, 0.25) is 0 Å². The summed E-state index contributed by atoms with van der Waals surface area (Å²) in [7, 11) is 0. The fourth-order valence-corrected chi connectivity index (χ4v) is 2.85. The normalized spacial score (nSPS) is 23.1. The van der Waals surface area contributed by atoms with Gasteiger partial charge in [0.05, 0.1) is 5.56 Å². The molecule has 1 aliphatic rings. The van der Waals surface area contributed by atoms with E-state index >= 15 is 0 Å². The number of carbonyl (C=O) groups excluding carboxylic acids is 1.